The SMILES string of the molecule is C=C1CN=Cc2cc(-c3cccc4c3C(=C)CC4=C)ccc21. The van der Waals surface area contributed by atoms with E-state index in [1.807, 2.05) is 6.21 Å². The van der Waals surface area contributed by atoms with Crippen LogP contribution in [-0.4, -0.2) is 12.8 Å². The van der Waals surface area contributed by atoms with Crippen LogP contribution < -0.4 is 0 Å². The van der Waals surface area contributed by atoms with Crippen LogP contribution in [0.4, 0.5) is 0 Å². The van der Waals surface area contributed by atoms with E-state index in [9.17, 15) is 0 Å². The maximum Gasteiger partial charge on any atom is 0.0640 e. The summed E-state index contributed by atoms with van der Waals surface area (Å²) in [6.07, 6.45) is 2.82. The quantitative estimate of drug-likeness (QED) is 0.679. The van der Waals surface area contributed by atoms with E-state index >= 15 is 0 Å². The first-order valence-corrected chi connectivity index (χ1v) is 7.47. The molecule has 0 spiro atoms. The topological polar surface area (TPSA) is 12.4 Å². The van der Waals surface area contributed by atoms with E-state index < -0.39 is 0 Å². The lowest BCUT2D eigenvalue weighted by Crippen LogP contribution is -2.01. The summed E-state index contributed by atoms with van der Waals surface area (Å²) >= 11 is 0. The van der Waals surface area contributed by atoms with Gasteiger partial charge in [-0.25, -0.2) is 0 Å². The van der Waals surface area contributed by atoms with Crippen LogP contribution >= 0.6 is 0 Å². The van der Waals surface area contributed by atoms with E-state index in [1.54, 1.807) is 0 Å². The summed E-state index contributed by atoms with van der Waals surface area (Å²) in [4.78, 5) is 4.38. The Labute approximate surface area is 131 Å². The smallest absolute Gasteiger partial charge is 0.0640 e. The van der Waals surface area contributed by atoms with Gasteiger partial charge in [0.1, 0.15) is 0 Å². The van der Waals surface area contributed by atoms with Gasteiger partial charge < -0.3 is 0 Å². The van der Waals surface area contributed by atoms with Gasteiger partial charge in [-0.05, 0) is 57.0 Å². The summed E-state index contributed by atoms with van der Waals surface area (Å²) in [6, 6.07) is 12.9. The second kappa shape index (κ2) is 4.67. The third-order valence-corrected chi connectivity index (χ3v) is 4.48. The molecule has 0 saturated carbocycles. The number of allylic oxidation sites excluding steroid dienone is 2. The molecular formula is C21H17N. The first-order valence-electron chi connectivity index (χ1n) is 7.47. The molecule has 0 saturated heterocycles. The lowest BCUT2D eigenvalue weighted by Gasteiger charge is -2.15. The van der Waals surface area contributed by atoms with Gasteiger partial charge in [-0.3, -0.25) is 4.99 Å². The van der Waals surface area contributed by atoms with Crippen LogP contribution in [0.5, 0.6) is 0 Å². The molecule has 2 aromatic carbocycles. The predicted octanol–water partition coefficient (Wildman–Crippen LogP) is 5.23. The number of rotatable bonds is 1. The molecule has 0 N–H and O–H groups in total. The Morgan fingerprint density at radius 3 is 2.50 bits per heavy atom. The molecule has 22 heavy (non-hydrogen) atoms. The molecule has 2 aromatic rings. The zero-order chi connectivity index (χ0) is 15.3. The molecule has 0 bridgehead atoms. The predicted molar refractivity (Wildman–Crippen MR) is 96.1 cm³/mol. The monoisotopic (exact) mass is 283 g/mol. The Kier molecular flexibility index (Phi) is 2.77. The van der Waals surface area contributed by atoms with E-state index in [0.29, 0.717) is 6.54 Å². The molecule has 0 aromatic heterocycles. The van der Waals surface area contributed by atoms with Crippen molar-refractivity contribution < 1.29 is 0 Å². The second-order valence-electron chi connectivity index (χ2n) is 5.99. The second-order valence-corrected chi connectivity index (χ2v) is 5.99. The molecule has 0 atom stereocenters. The van der Waals surface area contributed by atoms with Crippen LogP contribution in [-0.2, 0) is 0 Å². The average Bonchev–Trinajstić information content (AvgIpc) is 2.82. The summed E-state index contributed by atoms with van der Waals surface area (Å²) in [5.41, 5.74) is 10.7. The van der Waals surface area contributed by atoms with Gasteiger partial charge in [0.2, 0.25) is 0 Å². The number of aliphatic imine (C=N–C) groups is 1. The lowest BCUT2D eigenvalue weighted by molar-refractivity contribution is 1.24. The molecule has 1 aliphatic carbocycles. The summed E-state index contributed by atoms with van der Waals surface area (Å²) < 4.78 is 0. The van der Waals surface area contributed by atoms with Gasteiger partial charge in [-0.1, -0.05) is 50.1 Å². The molecule has 106 valence electrons. The number of hydrogen-bond acceptors (Lipinski definition) is 1. The largest absolute Gasteiger partial charge is 0.288 e. The van der Waals surface area contributed by atoms with Crippen molar-refractivity contribution in [1.29, 1.82) is 0 Å². The zero-order valence-electron chi connectivity index (χ0n) is 12.5. The van der Waals surface area contributed by atoms with Crippen molar-refractivity contribution in [1.82, 2.24) is 0 Å². The maximum absolute atomic E-state index is 4.38. The van der Waals surface area contributed by atoms with Gasteiger partial charge in [0.15, 0.2) is 0 Å². The van der Waals surface area contributed by atoms with Gasteiger partial charge in [0, 0.05) is 11.8 Å². The van der Waals surface area contributed by atoms with Crippen LogP contribution in [0.15, 0.2) is 61.1 Å². The van der Waals surface area contributed by atoms with Gasteiger partial charge >= 0.3 is 0 Å². The van der Waals surface area contributed by atoms with Crippen molar-refractivity contribution in [2.75, 3.05) is 6.54 Å². The van der Waals surface area contributed by atoms with Crippen LogP contribution in [0.2, 0.25) is 0 Å². The fourth-order valence-electron chi connectivity index (χ4n) is 3.41. The van der Waals surface area contributed by atoms with Crippen molar-refractivity contribution in [3.05, 3.63) is 78.4 Å². The number of hydrogen-bond donors (Lipinski definition) is 0. The molecule has 1 heterocycles. The van der Waals surface area contributed by atoms with Crippen molar-refractivity contribution in [3.63, 3.8) is 0 Å². The Bertz CT molecular complexity index is 881. The van der Waals surface area contributed by atoms with Crippen LogP contribution in [0.25, 0.3) is 27.8 Å². The van der Waals surface area contributed by atoms with E-state index in [4.69, 9.17) is 0 Å². The number of benzene rings is 2. The molecule has 1 aliphatic heterocycles. The summed E-state index contributed by atoms with van der Waals surface area (Å²) in [7, 11) is 0. The Morgan fingerprint density at radius 2 is 1.64 bits per heavy atom. The molecule has 4 rings (SSSR count). The molecular weight excluding hydrogens is 266 g/mol. The van der Waals surface area contributed by atoms with Gasteiger partial charge in [-0.15, -0.1) is 0 Å². The normalized spacial score (nSPS) is 15.9. The molecule has 0 fully saturated rings. The minimum atomic E-state index is 0.698. The summed E-state index contributed by atoms with van der Waals surface area (Å²) in [5, 5.41) is 0. The average molecular weight is 283 g/mol. The fourth-order valence-corrected chi connectivity index (χ4v) is 3.41. The van der Waals surface area contributed by atoms with E-state index in [1.165, 1.54) is 27.8 Å². The van der Waals surface area contributed by atoms with Crippen molar-refractivity contribution in [3.8, 4) is 11.1 Å². The highest BCUT2D eigenvalue weighted by molar-refractivity contribution is 5.99. The van der Waals surface area contributed by atoms with Crippen molar-refractivity contribution in [2.24, 2.45) is 4.99 Å². The number of fused-ring (bicyclic) bond motifs is 2. The van der Waals surface area contributed by atoms with E-state index in [0.717, 1.165) is 28.7 Å². The Hall–Kier alpha value is -2.67. The fraction of sp³-hybridized carbons (Fsp3) is 0.0952. The highest BCUT2D eigenvalue weighted by Crippen LogP contribution is 2.44. The third-order valence-electron chi connectivity index (χ3n) is 4.48. The molecule has 1 heteroatoms. The third kappa shape index (κ3) is 1.82. The van der Waals surface area contributed by atoms with Gasteiger partial charge in [0.25, 0.3) is 0 Å². The van der Waals surface area contributed by atoms with Gasteiger partial charge in [0.05, 0.1) is 6.54 Å². The first kappa shape index (κ1) is 13.0. The van der Waals surface area contributed by atoms with Gasteiger partial charge in [-0.2, -0.15) is 0 Å². The van der Waals surface area contributed by atoms with Crippen LogP contribution in [0.1, 0.15) is 28.7 Å². The van der Waals surface area contributed by atoms with Crippen LogP contribution in [0.3, 0.4) is 0 Å². The summed E-state index contributed by atoms with van der Waals surface area (Å²) in [5.74, 6) is 0. The maximum atomic E-state index is 4.38. The highest BCUT2D eigenvalue weighted by atomic mass is 14.7. The first-order chi connectivity index (χ1) is 10.6. The van der Waals surface area contributed by atoms with E-state index in [2.05, 4.69) is 61.1 Å². The zero-order valence-corrected chi connectivity index (χ0v) is 12.5. The molecule has 1 nitrogen and oxygen atoms in total. The lowest BCUT2D eigenvalue weighted by atomic mass is 9.91. The Morgan fingerprint density at radius 1 is 0.818 bits per heavy atom. The van der Waals surface area contributed by atoms with E-state index in [-0.39, 0.29) is 0 Å². The molecule has 2 aliphatic rings. The summed E-state index contributed by atoms with van der Waals surface area (Å²) in [6.45, 7) is 13.2. The minimum Gasteiger partial charge on any atom is -0.288 e. The van der Waals surface area contributed by atoms with Crippen molar-refractivity contribution in [2.45, 2.75) is 6.42 Å². The molecule has 0 amide bonds. The van der Waals surface area contributed by atoms with Crippen LogP contribution in [0, 0.1) is 0 Å². The molecule has 0 radical (unpaired) electrons. The highest BCUT2D eigenvalue weighted by Gasteiger charge is 2.22. The van der Waals surface area contributed by atoms with Crippen molar-refractivity contribution >= 4 is 22.9 Å². The molecule has 0 unspecified atom stereocenters. The standard InChI is InChI=1S/C21H17N/c1-13-9-14(2)21-19(13)5-4-6-20(21)16-7-8-18-15(3)11-22-12-17(18)10-16/h4-8,10,12H,1-3,9,11H2. The Balaban J connectivity index is 1.92. The number of nitrogens with zero attached hydrogens (tertiary/aromatic N) is 1. The minimum absolute atomic E-state index is 0.698.